The first-order valence-electron chi connectivity index (χ1n) is 9.08. The summed E-state index contributed by atoms with van der Waals surface area (Å²) >= 11 is 0. The lowest BCUT2D eigenvalue weighted by Gasteiger charge is -2.21. The van der Waals surface area contributed by atoms with E-state index >= 15 is 0 Å². The minimum atomic E-state index is -0.675. The number of benzene rings is 1. The van der Waals surface area contributed by atoms with Gasteiger partial charge in [-0.1, -0.05) is 38.1 Å². The van der Waals surface area contributed by atoms with Gasteiger partial charge in [0.05, 0.1) is 6.54 Å². The molecule has 3 aromatic rings. The van der Waals surface area contributed by atoms with Crippen LogP contribution >= 0.6 is 0 Å². The van der Waals surface area contributed by atoms with E-state index in [0.717, 1.165) is 0 Å². The van der Waals surface area contributed by atoms with Crippen molar-refractivity contribution in [2.75, 3.05) is 6.61 Å². The van der Waals surface area contributed by atoms with Gasteiger partial charge in [-0.25, -0.2) is 0 Å². The van der Waals surface area contributed by atoms with E-state index in [-0.39, 0.29) is 30.9 Å². The lowest BCUT2D eigenvalue weighted by molar-refractivity contribution is -0.131. The third-order valence-electron chi connectivity index (χ3n) is 4.18. The standard InChI is InChI=1S/C20H23N5O3/c1-14(2)19(22-18(26)13-28-15-8-4-3-5-9-15)20(27)21-12-17-24-23-16-10-6-7-11-25(16)17/h3-11,14,19H,12-13H2,1-2H3,(H,21,27)(H,22,26)/t19-/m0/s1. The molecule has 0 radical (unpaired) electrons. The third-order valence-corrected chi connectivity index (χ3v) is 4.18. The average molecular weight is 381 g/mol. The van der Waals surface area contributed by atoms with Crippen LogP contribution in [0.4, 0.5) is 0 Å². The van der Waals surface area contributed by atoms with Gasteiger partial charge in [-0.05, 0) is 30.2 Å². The lowest BCUT2D eigenvalue weighted by atomic mass is 10.0. The van der Waals surface area contributed by atoms with Crippen molar-refractivity contribution < 1.29 is 14.3 Å². The Morgan fingerprint density at radius 3 is 2.57 bits per heavy atom. The Morgan fingerprint density at radius 2 is 1.82 bits per heavy atom. The van der Waals surface area contributed by atoms with Crippen LogP contribution in [0, 0.1) is 5.92 Å². The maximum absolute atomic E-state index is 12.6. The summed E-state index contributed by atoms with van der Waals surface area (Å²) in [5.74, 6) is 0.490. The summed E-state index contributed by atoms with van der Waals surface area (Å²) in [5.41, 5.74) is 0.707. The van der Waals surface area contributed by atoms with Crippen LogP contribution in [0.1, 0.15) is 19.7 Å². The average Bonchev–Trinajstić information content (AvgIpc) is 3.12. The van der Waals surface area contributed by atoms with E-state index in [1.165, 1.54) is 0 Å². The SMILES string of the molecule is CC(C)[C@H](NC(=O)COc1ccccc1)C(=O)NCc1nnc2ccccn12. The van der Waals surface area contributed by atoms with Crippen molar-refractivity contribution in [3.8, 4) is 5.75 Å². The van der Waals surface area contributed by atoms with Crippen molar-refractivity contribution >= 4 is 17.5 Å². The smallest absolute Gasteiger partial charge is 0.258 e. The van der Waals surface area contributed by atoms with E-state index in [1.807, 2.05) is 56.4 Å². The molecule has 8 nitrogen and oxygen atoms in total. The highest BCUT2D eigenvalue weighted by Crippen LogP contribution is 2.08. The Kier molecular flexibility index (Phi) is 6.21. The normalized spacial score (nSPS) is 12.0. The zero-order chi connectivity index (χ0) is 19.9. The number of pyridine rings is 1. The molecule has 0 spiro atoms. The number of hydrogen-bond acceptors (Lipinski definition) is 5. The minimum Gasteiger partial charge on any atom is -0.484 e. The van der Waals surface area contributed by atoms with E-state index in [9.17, 15) is 9.59 Å². The van der Waals surface area contributed by atoms with Gasteiger partial charge in [-0.15, -0.1) is 10.2 Å². The highest BCUT2D eigenvalue weighted by molar-refractivity contribution is 5.88. The summed E-state index contributed by atoms with van der Waals surface area (Å²) in [6.07, 6.45) is 1.83. The number of nitrogens with one attached hydrogen (secondary N) is 2. The number of ether oxygens (including phenoxy) is 1. The summed E-state index contributed by atoms with van der Waals surface area (Å²) in [5, 5.41) is 13.7. The lowest BCUT2D eigenvalue weighted by Crippen LogP contribution is -2.50. The maximum atomic E-state index is 12.6. The van der Waals surface area contributed by atoms with Crippen LogP contribution in [0.3, 0.4) is 0 Å². The predicted octanol–water partition coefficient (Wildman–Crippen LogP) is 1.57. The molecule has 3 rings (SSSR count). The number of amides is 2. The summed E-state index contributed by atoms with van der Waals surface area (Å²) in [7, 11) is 0. The first kappa shape index (κ1) is 19.3. The minimum absolute atomic E-state index is 0.0872. The number of fused-ring (bicyclic) bond motifs is 1. The molecule has 0 fully saturated rings. The molecule has 0 saturated heterocycles. The highest BCUT2D eigenvalue weighted by Gasteiger charge is 2.24. The zero-order valence-electron chi connectivity index (χ0n) is 15.8. The number of para-hydroxylation sites is 1. The molecule has 1 aromatic carbocycles. The second-order valence-corrected chi connectivity index (χ2v) is 6.65. The van der Waals surface area contributed by atoms with Crippen LogP contribution in [-0.2, 0) is 16.1 Å². The number of hydrogen-bond donors (Lipinski definition) is 2. The van der Waals surface area contributed by atoms with E-state index in [0.29, 0.717) is 17.2 Å². The van der Waals surface area contributed by atoms with Crippen molar-refractivity contribution in [2.45, 2.75) is 26.4 Å². The van der Waals surface area contributed by atoms with Crippen molar-refractivity contribution in [1.82, 2.24) is 25.2 Å². The molecule has 1 atom stereocenters. The first-order chi connectivity index (χ1) is 13.5. The largest absolute Gasteiger partial charge is 0.484 e. The molecule has 0 aliphatic carbocycles. The van der Waals surface area contributed by atoms with Gasteiger partial charge in [0, 0.05) is 6.20 Å². The van der Waals surface area contributed by atoms with Crippen LogP contribution in [0.15, 0.2) is 54.7 Å². The topological polar surface area (TPSA) is 97.6 Å². The Bertz CT molecular complexity index is 939. The van der Waals surface area contributed by atoms with E-state index < -0.39 is 6.04 Å². The molecular formula is C20H23N5O3. The molecule has 0 aliphatic heterocycles. The molecule has 28 heavy (non-hydrogen) atoms. The molecule has 0 saturated carbocycles. The number of rotatable bonds is 8. The molecule has 0 unspecified atom stereocenters. The first-order valence-corrected chi connectivity index (χ1v) is 9.08. The molecule has 2 amide bonds. The fraction of sp³-hybridized carbons (Fsp3) is 0.300. The molecule has 0 bridgehead atoms. The quantitative estimate of drug-likeness (QED) is 0.617. The third kappa shape index (κ3) is 4.85. The van der Waals surface area contributed by atoms with Crippen LogP contribution in [0.25, 0.3) is 5.65 Å². The van der Waals surface area contributed by atoms with Gasteiger partial charge in [0.2, 0.25) is 5.91 Å². The Balaban J connectivity index is 1.55. The Hall–Kier alpha value is -3.42. The van der Waals surface area contributed by atoms with Crippen LogP contribution < -0.4 is 15.4 Å². The molecule has 0 aliphatic rings. The van der Waals surface area contributed by atoms with E-state index in [2.05, 4.69) is 20.8 Å². The van der Waals surface area contributed by atoms with Crippen LogP contribution in [0.5, 0.6) is 5.75 Å². The van der Waals surface area contributed by atoms with Crippen LogP contribution in [0.2, 0.25) is 0 Å². The van der Waals surface area contributed by atoms with Gasteiger partial charge in [0.1, 0.15) is 11.8 Å². The summed E-state index contributed by atoms with van der Waals surface area (Å²) in [4.78, 5) is 24.8. The van der Waals surface area contributed by atoms with Gasteiger partial charge in [-0.2, -0.15) is 0 Å². The fourth-order valence-corrected chi connectivity index (χ4v) is 2.70. The molecule has 2 aromatic heterocycles. The van der Waals surface area contributed by atoms with Gasteiger partial charge >= 0.3 is 0 Å². The van der Waals surface area contributed by atoms with Gasteiger partial charge in [0.15, 0.2) is 18.1 Å². The second kappa shape index (κ2) is 8.98. The number of carbonyl (C=O) groups excluding carboxylic acids is 2. The molecule has 2 heterocycles. The molecule has 2 N–H and O–H groups in total. The van der Waals surface area contributed by atoms with E-state index in [4.69, 9.17) is 4.74 Å². The zero-order valence-corrected chi connectivity index (χ0v) is 15.8. The second-order valence-electron chi connectivity index (χ2n) is 6.65. The summed E-state index contributed by atoms with van der Waals surface area (Å²) in [6, 6.07) is 13.9. The number of carbonyl (C=O) groups is 2. The Labute approximate surface area is 162 Å². The van der Waals surface area contributed by atoms with Gasteiger partial charge in [0.25, 0.3) is 5.91 Å². The molecular weight excluding hydrogens is 358 g/mol. The molecule has 146 valence electrons. The number of aromatic nitrogens is 3. The van der Waals surface area contributed by atoms with Crippen LogP contribution in [-0.4, -0.2) is 39.1 Å². The Morgan fingerprint density at radius 1 is 1.07 bits per heavy atom. The van der Waals surface area contributed by atoms with Crippen molar-refractivity contribution in [2.24, 2.45) is 5.92 Å². The van der Waals surface area contributed by atoms with Crippen molar-refractivity contribution in [3.05, 3.63) is 60.6 Å². The van der Waals surface area contributed by atoms with E-state index in [1.54, 1.807) is 16.5 Å². The van der Waals surface area contributed by atoms with Crippen molar-refractivity contribution in [1.29, 1.82) is 0 Å². The summed E-state index contributed by atoms with van der Waals surface area (Å²) < 4.78 is 7.23. The summed E-state index contributed by atoms with van der Waals surface area (Å²) in [6.45, 7) is 3.79. The molecule has 8 heteroatoms. The monoisotopic (exact) mass is 381 g/mol. The fourth-order valence-electron chi connectivity index (χ4n) is 2.70. The maximum Gasteiger partial charge on any atom is 0.258 e. The van der Waals surface area contributed by atoms with Gasteiger partial charge in [-0.3, -0.25) is 14.0 Å². The van der Waals surface area contributed by atoms with Gasteiger partial charge < -0.3 is 15.4 Å². The van der Waals surface area contributed by atoms with Crippen molar-refractivity contribution in [3.63, 3.8) is 0 Å². The number of nitrogens with zero attached hydrogens (tertiary/aromatic N) is 3. The predicted molar refractivity (Wildman–Crippen MR) is 104 cm³/mol. The highest BCUT2D eigenvalue weighted by atomic mass is 16.5.